The van der Waals surface area contributed by atoms with E-state index in [1.165, 1.54) is 24.3 Å². The van der Waals surface area contributed by atoms with E-state index in [1.807, 2.05) is 6.92 Å². The standard InChI is InChI=1S/C10H15ClN2S2/c1-7(11)10-13-12-9(15-10)6-8-2-4-14-5-3-8/h7-8H,2-6H2,1H3. The normalized spacial score (nSPS) is 20.4. The maximum Gasteiger partial charge on any atom is 0.135 e. The first-order valence-electron chi connectivity index (χ1n) is 5.30. The second kappa shape index (κ2) is 5.51. The molecule has 1 unspecified atom stereocenters. The summed E-state index contributed by atoms with van der Waals surface area (Å²) >= 11 is 9.70. The van der Waals surface area contributed by atoms with Crippen LogP contribution in [-0.4, -0.2) is 21.7 Å². The van der Waals surface area contributed by atoms with Crippen LogP contribution in [0.5, 0.6) is 0 Å². The number of aromatic nitrogens is 2. The maximum atomic E-state index is 5.96. The van der Waals surface area contributed by atoms with Gasteiger partial charge in [0.15, 0.2) is 0 Å². The molecule has 1 aliphatic heterocycles. The van der Waals surface area contributed by atoms with E-state index in [1.54, 1.807) is 11.3 Å². The van der Waals surface area contributed by atoms with Gasteiger partial charge in [0.25, 0.3) is 0 Å². The zero-order valence-corrected chi connectivity index (χ0v) is 11.2. The zero-order chi connectivity index (χ0) is 10.7. The van der Waals surface area contributed by atoms with Gasteiger partial charge in [0.2, 0.25) is 0 Å². The lowest BCUT2D eigenvalue weighted by molar-refractivity contribution is 0.485. The number of hydrogen-bond acceptors (Lipinski definition) is 4. The van der Waals surface area contributed by atoms with Gasteiger partial charge in [-0.1, -0.05) is 11.3 Å². The number of thioether (sulfide) groups is 1. The lowest BCUT2D eigenvalue weighted by Gasteiger charge is -2.19. The Morgan fingerprint density at radius 1 is 1.40 bits per heavy atom. The maximum absolute atomic E-state index is 5.96. The molecule has 0 radical (unpaired) electrons. The molecule has 1 atom stereocenters. The van der Waals surface area contributed by atoms with Gasteiger partial charge < -0.3 is 0 Å². The molecule has 1 saturated heterocycles. The van der Waals surface area contributed by atoms with Gasteiger partial charge in [-0.2, -0.15) is 11.8 Å². The number of nitrogens with zero attached hydrogens (tertiary/aromatic N) is 2. The second-order valence-corrected chi connectivity index (χ2v) is 6.88. The first kappa shape index (κ1) is 11.7. The molecule has 0 aliphatic carbocycles. The quantitative estimate of drug-likeness (QED) is 0.780. The Labute approximate surface area is 104 Å². The van der Waals surface area contributed by atoms with Crippen molar-refractivity contribution in [3.63, 3.8) is 0 Å². The van der Waals surface area contributed by atoms with E-state index in [0.29, 0.717) is 0 Å². The molecule has 0 bridgehead atoms. The zero-order valence-electron chi connectivity index (χ0n) is 8.78. The Bertz CT molecular complexity index is 308. The van der Waals surface area contributed by atoms with E-state index in [9.17, 15) is 0 Å². The first-order chi connectivity index (χ1) is 7.25. The van der Waals surface area contributed by atoms with Crippen molar-refractivity contribution in [3.8, 4) is 0 Å². The van der Waals surface area contributed by atoms with Crippen LogP contribution in [0.1, 0.15) is 35.2 Å². The van der Waals surface area contributed by atoms with Crippen LogP contribution in [0.15, 0.2) is 0 Å². The van der Waals surface area contributed by atoms with E-state index in [2.05, 4.69) is 22.0 Å². The number of rotatable bonds is 3. The minimum atomic E-state index is -0.00170. The lowest BCUT2D eigenvalue weighted by atomic mass is 9.99. The fourth-order valence-electron chi connectivity index (χ4n) is 1.71. The second-order valence-electron chi connectivity index (χ2n) is 3.91. The largest absolute Gasteiger partial charge is 0.162 e. The van der Waals surface area contributed by atoms with Gasteiger partial charge in [0.05, 0.1) is 5.38 Å². The van der Waals surface area contributed by atoms with Gasteiger partial charge in [0.1, 0.15) is 10.0 Å². The molecule has 0 N–H and O–H groups in total. The molecular formula is C10H15ClN2S2. The fraction of sp³-hybridized carbons (Fsp3) is 0.800. The fourth-order valence-corrected chi connectivity index (χ4v) is 3.97. The smallest absolute Gasteiger partial charge is 0.135 e. The molecule has 1 fully saturated rings. The highest BCUT2D eigenvalue weighted by atomic mass is 35.5. The molecule has 1 aromatic rings. The molecule has 2 rings (SSSR count). The Balaban J connectivity index is 1.91. The highest BCUT2D eigenvalue weighted by Crippen LogP contribution is 2.29. The van der Waals surface area contributed by atoms with Crippen molar-refractivity contribution in [3.05, 3.63) is 10.0 Å². The highest BCUT2D eigenvalue weighted by Gasteiger charge is 2.17. The van der Waals surface area contributed by atoms with E-state index < -0.39 is 0 Å². The Morgan fingerprint density at radius 3 is 2.73 bits per heavy atom. The monoisotopic (exact) mass is 262 g/mol. The summed E-state index contributed by atoms with van der Waals surface area (Å²) in [6.45, 7) is 1.95. The number of alkyl halides is 1. The molecule has 2 nitrogen and oxygen atoms in total. The molecule has 0 spiro atoms. The summed E-state index contributed by atoms with van der Waals surface area (Å²) in [6.07, 6.45) is 3.76. The van der Waals surface area contributed by atoms with Crippen molar-refractivity contribution >= 4 is 34.7 Å². The highest BCUT2D eigenvalue weighted by molar-refractivity contribution is 7.99. The average Bonchev–Trinajstić information content (AvgIpc) is 2.68. The lowest BCUT2D eigenvalue weighted by Crippen LogP contribution is -2.11. The van der Waals surface area contributed by atoms with Crippen LogP contribution >= 0.6 is 34.7 Å². The number of halogens is 1. The van der Waals surface area contributed by atoms with Gasteiger partial charge in [-0.25, -0.2) is 0 Å². The van der Waals surface area contributed by atoms with E-state index in [-0.39, 0.29) is 5.38 Å². The molecule has 5 heteroatoms. The van der Waals surface area contributed by atoms with Crippen molar-refractivity contribution in [1.82, 2.24) is 10.2 Å². The van der Waals surface area contributed by atoms with Crippen molar-refractivity contribution in [2.45, 2.75) is 31.6 Å². The third kappa shape index (κ3) is 3.33. The average molecular weight is 263 g/mol. The molecule has 0 saturated carbocycles. The summed E-state index contributed by atoms with van der Waals surface area (Å²) in [4.78, 5) is 0. The van der Waals surface area contributed by atoms with Crippen LogP contribution in [-0.2, 0) is 6.42 Å². The number of hydrogen-bond donors (Lipinski definition) is 0. The topological polar surface area (TPSA) is 25.8 Å². The van der Waals surface area contributed by atoms with Gasteiger partial charge in [-0.3, -0.25) is 0 Å². The van der Waals surface area contributed by atoms with Crippen LogP contribution in [0.4, 0.5) is 0 Å². The molecule has 1 aromatic heterocycles. The molecule has 15 heavy (non-hydrogen) atoms. The van der Waals surface area contributed by atoms with Crippen LogP contribution in [0.2, 0.25) is 0 Å². The third-order valence-corrected chi connectivity index (χ3v) is 5.14. The predicted octanol–water partition coefficient (Wildman–Crippen LogP) is 3.52. The van der Waals surface area contributed by atoms with E-state index in [4.69, 9.17) is 11.6 Å². The van der Waals surface area contributed by atoms with Crippen LogP contribution < -0.4 is 0 Å². The van der Waals surface area contributed by atoms with Gasteiger partial charge in [0, 0.05) is 6.42 Å². The van der Waals surface area contributed by atoms with E-state index in [0.717, 1.165) is 22.4 Å². The molecule has 2 heterocycles. The van der Waals surface area contributed by atoms with Crippen LogP contribution in [0.25, 0.3) is 0 Å². The summed E-state index contributed by atoms with van der Waals surface area (Å²) < 4.78 is 0. The third-order valence-electron chi connectivity index (χ3n) is 2.63. The Morgan fingerprint density at radius 2 is 2.13 bits per heavy atom. The van der Waals surface area contributed by atoms with Crippen molar-refractivity contribution in [2.75, 3.05) is 11.5 Å². The van der Waals surface area contributed by atoms with Gasteiger partial charge in [-0.15, -0.1) is 21.8 Å². The van der Waals surface area contributed by atoms with Gasteiger partial charge >= 0.3 is 0 Å². The van der Waals surface area contributed by atoms with Gasteiger partial charge in [-0.05, 0) is 37.2 Å². The molecule has 0 aromatic carbocycles. The SMILES string of the molecule is CC(Cl)c1nnc(CC2CCSCC2)s1. The summed E-state index contributed by atoms with van der Waals surface area (Å²) in [7, 11) is 0. The molecule has 84 valence electrons. The summed E-state index contributed by atoms with van der Waals surface area (Å²) in [5.74, 6) is 3.43. The molecular weight excluding hydrogens is 248 g/mol. The molecule has 1 aliphatic rings. The summed E-state index contributed by atoms with van der Waals surface area (Å²) in [5.41, 5.74) is 0. The van der Waals surface area contributed by atoms with Crippen molar-refractivity contribution in [2.24, 2.45) is 5.92 Å². The Hall–Kier alpha value is 0.200. The minimum absolute atomic E-state index is 0.00170. The summed E-state index contributed by atoms with van der Waals surface area (Å²) in [5, 5.41) is 10.4. The van der Waals surface area contributed by atoms with Crippen molar-refractivity contribution < 1.29 is 0 Å². The van der Waals surface area contributed by atoms with E-state index >= 15 is 0 Å². The Kier molecular flexibility index (Phi) is 4.29. The van der Waals surface area contributed by atoms with Crippen LogP contribution in [0.3, 0.4) is 0 Å². The van der Waals surface area contributed by atoms with Crippen molar-refractivity contribution in [1.29, 1.82) is 0 Å². The molecule has 0 amide bonds. The predicted molar refractivity (Wildman–Crippen MR) is 67.9 cm³/mol. The first-order valence-corrected chi connectivity index (χ1v) is 7.70. The van der Waals surface area contributed by atoms with Crippen LogP contribution in [0, 0.1) is 5.92 Å². The summed E-state index contributed by atoms with van der Waals surface area (Å²) in [6, 6.07) is 0. The minimum Gasteiger partial charge on any atom is -0.162 e.